The van der Waals surface area contributed by atoms with Crippen LogP contribution in [0.25, 0.3) is 0 Å². The minimum atomic E-state index is -0.614. The van der Waals surface area contributed by atoms with Gasteiger partial charge in [-0.2, -0.15) is 16.7 Å². The highest BCUT2D eigenvalue weighted by molar-refractivity contribution is 9.10. The molecule has 2 N–H and O–H groups in total. The normalized spacial score (nSPS) is 11.8. The Morgan fingerprint density at radius 2 is 2.19 bits per heavy atom. The Morgan fingerprint density at radius 3 is 2.78 bits per heavy atom. The van der Waals surface area contributed by atoms with E-state index in [1.54, 1.807) is 19.1 Å². The molecule has 0 radical (unpaired) electrons. The van der Waals surface area contributed by atoms with Gasteiger partial charge in [0.25, 0.3) is 5.91 Å². The topological polar surface area (TPSA) is 124 Å². The van der Waals surface area contributed by atoms with Crippen molar-refractivity contribution >= 4 is 50.9 Å². The number of nitrogens with zero attached hydrogens (tertiary/aromatic N) is 2. The van der Waals surface area contributed by atoms with Gasteiger partial charge in [0.2, 0.25) is 5.89 Å². The molecule has 1 aromatic carbocycles. The summed E-state index contributed by atoms with van der Waals surface area (Å²) < 4.78 is 15.7. The first-order chi connectivity index (χ1) is 15.3. The third kappa shape index (κ3) is 5.43. The van der Waals surface area contributed by atoms with Crippen LogP contribution in [0.1, 0.15) is 43.4 Å². The van der Waals surface area contributed by atoms with Crippen LogP contribution in [0.15, 0.2) is 32.6 Å². The van der Waals surface area contributed by atoms with Crippen molar-refractivity contribution in [1.82, 2.24) is 15.5 Å². The average Bonchev–Trinajstić information content (AvgIpc) is 3.46. The molecule has 1 atom stereocenters. The van der Waals surface area contributed by atoms with Gasteiger partial charge in [0, 0.05) is 23.1 Å². The van der Waals surface area contributed by atoms with Crippen LogP contribution in [0.5, 0.6) is 11.5 Å². The molecule has 2 aromatic heterocycles. The lowest BCUT2D eigenvalue weighted by atomic mass is 10.1. The summed E-state index contributed by atoms with van der Waals surface area (Å²) in [6.45, 7) is 1.69. The van der Waals surface area contributed by atoms with Crippen LogP contribution in [-0.2, 0) is 10.5 Å². The Balaban J connectivity index is 1.80. The molecular formula is C20H20BrN3O6S2. The molecule has 0 aliphatic rings. The number of halogens is 1. The SMILES string of the molecule is COC(=O)c1c(Br)c(OC)cc(O)c1CSCC(NC(=O)c1cccs1)c1nc(C)no1. The fourth-order valence-electron chi connectivity index (χ4n) is 2.81. The van der Waals surface area contributed by atoms with Gasteiger partial charge in [0.1, 0.15) is 17.5 Å². The summed E-state index contributed by atoms with van der Waals surface area (Å²) in [6.07, 6.45) is 0. The number of carbonyl (C=O) groups excluding carboxylic acids is 2. The zero-order chi connectivity index (χ0) is 23.3. The van der Waals surface area contributed by atoms with Crippen molar-refractivity contribution in [3.8, 4) is 11.5 Å². The molecule has 12 heteroatoms. The number of rotatable bonds is 9. The first-order valence-corrected chi connectivity index (χ1v) is 12.1. The Hall–Kier alpha value is -2.57. The summed E-state index contributed by atoms with van der Waals surface area (Å²) >= 11 is 6.04. The zero-order valence-corrected chi connectivity index (χ0v) is 20.6. The van der Waals surface area contributed by atoms with Crippen molar-refractivity contribution in [3.05, 3.63) is 55.8 Å². The van der Waals surface area contributed by atoms with Gasteiger partial charge < -0.3 is 24.4 Å². The number of thioether (sulfide) groups is 1. The predicted octanol–water partition coefficient (Wildman–Crippen LogP) is 4.11. The van der Waals surface area contributed by atoms with Gasteiger partial charge in [-0.15, -0.1) is 11.3 Å². The first kappa shape index (κ1) is 24.1. The van der Waals surface area contributed by atoms with E-state index in [0.29, 0.717) is 32.2 Å². The van der Waals surface area contributed by atoms with E-state index in [-0.39, 0.29) is 28.9 Å². The smallest absolute Gasteiger partial charge is 0.339 e. The molecule has 2 heterocycles. The fraction of sp³-hybridized carbons (Fsp3) is 0.300. The third-order valence-corrected chi connectivity index (χ3v) is 7.06. The fourth-order valence-corrected chi connectivity index (χ4v) is 5.19. The van der Waals surface area contributed by atoms with E-state index < -0.39 is 12.0 Å². The van der Waals surface area contributed by atoms with Crippen LogP contribution in [-0.4, -0.2) is 47.1 Å². The quantitative estimate of drug-likeness (QED) is 0.385. The van der Waals surface area contributed by atoms with Gasteiger partial charge in [0.05, 0.1) is 29.1 Å². The van der Waals surface area contributed by atoms with E-state index in [0.717, 1.165) is 0 Å². The number of hydrogen-bond donors (Lipinski definition) is 2. The third-order valence-electron chi connectivity index (χ3n) is 4.35. The number of phenols is 1. The minimum Gasteiger partial charge on any atom is -0.507 e. The minimum absolute atomic E-state index is 0.106. The number of carbonyl (C=O) groups is 2. The van der Waals surface area contributed by atoms with Gasteiger partial charge in [-0.25, -0.2) is 4.79 Å². The summed E-state index contributed by atoms with van der Waals surface area (Å²) in [5, 5.41) is 19.0. The summed E-state index contributed by atoms with van der Waals surface area (Å²) in [4.78, 5) is 29.7. The summed E-state index contributed by atoms with van der Waals surface area (Å²) in [6, 6.07) is 4.36. The Labute approximate surface area is 200 Å². The standard InChI is InChI=1S/C20H20BrN3O6S2/c1-10-22-19(30-24-10)12(23-18(26)15-5-4-6-32-15)9-31-8-11-13(25)7-14(28-2)17(21)16(11)20(27)29-3/h4-7,12,25H,8-9H2,1-3H3,(H,23,26). The molecular weight excluding hydrogens is 522 g/mol. The number of benzene rings is 1. The number of thiophene rings is 1. The lowest BCUT2D eigenvalue weighted by Crippen LogP contribution is -2.30. The number of hydrogen-bond acceptors (Lipinski definition) is 10. The van der Waals surface area contributed by atoms with Gasteiger partial charge in [-0.3, -0.25) is 4.79 Å². The Morgan fingerprint density at radius 1 is 1.41 bits per heavy atom. The second-order valence-electron chi connectivity index (χ2n) is 6.46. The van der Waals surface area contributed by atoms with Crippen LogP contribution >= 0.6 is 39.0 Å². The van der Waals surface area contributed by atoms with Gasteiger partial charge >= 0.3 is 5.97 Å². The van der Waals surface area contributed by atoms with Crippen molar-refractivity contribution in [1.29, 1.82) is 0 Å². The van der Waals surface area contributed by atoms with E-state index in [1.165, 1.54) is 43.4 Å². The molecule has 0 aliphatic carbocycles. The van der Waals surface area contributed by atoms with Crippen LogP contribution in [0.3, 0.4) is 0 Å². The van der Waals surface area contributed by atoms with Crippen molar-refractivity contribution in [3.63, 3.8) is 0 Å². The number of phenolic OH excluding ortho intramolecular Hbond substituents is 1. The van der Waals surface area contributed by atoms with Crippen LogP contribution in [0.4, 0.5) is 0 Å². The van der Waals surface area contributed by atoms with E-state index in [4.69, 9.17) is 14.0 Å². The van der Waals surface area contributed by atoms with Crippen LogP contribution in [0, 0.1) is 6.92 Å². The van der Waals surface area contributed by atoms with Gasteiger partial charge in [-0.1, -0.05) is 11.2 Å². The number of ether oxygens (including phenoxy) is 2. The Bertz CT molecular complexity index is 1100. The molecule has 0 saturated carbocycles. The molecule has 0 bridgehead atoms. The van der Waals surface area contributed by atoms with Crippen molar-refractivity contribution in [2.75, 3.05) is 20.0 Å². The second kappa shape index (κ2) is 10.8. The molecule has 170 valence electrons. The molecule has 0 spiro atoms. The van der Waals surface area contributed by atoms with Gasteiger partial charge in [0.15, 0.2) is 5.82 Å². The second-order valence-corrected chi connectivity index (χ2v) is 9.23. The number of aromatic hydroxyl groups is 1. The monoisotopic (exact) mass is 541 g/mol. The van der Waals surface area contributed by atoms with Crippen LogP contribution in [0.2, 0.25) is 0 Å². The first-order valence-electron chi connectivity index (χ1n) is 9.24. The van der Waals surface area contributed by atoms with E-state index in [9.17, 15) is 14.7 Å². The predicted molar refractivity (Wildman–Crippen MR) is 123 cm³/mol. The number of aryl methyl sites for hydroxylation is 1. The number of nitrogens with one attached hydrogen (secondary N) is 1. The summed E-state index contributed by atoms with van der Waals surface area (Å²) in [7, 11) is 2.69. The van der Waals surface area contributed by atoms with Gasteiger partial charge in [-0.05, 0) is 34.3 Å². The highest BCUT2D eigenvalue weighted by Gasteiger charge is 2.26. The zero-order valence-electron chi connectivity index (χ0n) is 17.4. The van der Waals surface area contributed by atoms with Crippen molar-refractivity contribution < 1.29 is 28.7 Å². The van der Waals surface area contributed by atoms with E-state index in [2.05, 4.69) is 31.4 Å². The highest BCUT2D eigenvalue weighted by Crippen LogP contribution is 2.39. The highest BCUT2D eigenvalue weighted by atomic mass is 79.9. The van der Waals surface area contributed by atoms with Crippen molar-refractivity contribution in [2.24, 2.45) is 0 Å². The average molecular weight is 542 g/mol. The number of amides is 1. The van der Waals surface area contributed by atoms with Crippen molar-refractivity contribution in [2.45, 2.75) is 18.7 Å². The summed E-state index contributed by atoms with van der Waals surface area (Å²) in [5.41, 5.74) is 0.546. The maximum atomic E-state index is 12.6. The Kier molecular flexibility index (Phi) is 8.15. The molecule has 0 aliphatic heterocycles. The maximum absolute atomic E-state index is 12.6. The molecule has 3 aromatic rings. The molecule has 1 amide bonds. The molecule has 32 heavy (non-hydrogen) atoms. The van der Waals surface area contributed by atoms with E-state index >= 15 is 0 Å². The molecule has 1 unspecified atom stereocenters. The molecule has 0 fully saturated rings. The lowest BCUT2D eigenvalue weighted by molar-refractivity contribution is 0.0597. The lowest BCUT2D eigenvalue weighted by Gasteiger charge is -2.17. The maximum Gasteiger partial charge on any atom is 0.339 e. The number of methoxy groups -OCH3 is 2. The molecule has 9 nitrogen and oxygen atoms in total. The van der Waals surface area contributed by atoms with E-state index in [1.807, 2.05) is 5.38 Å². The largest absolute Gasteiger partial charge is 0.507 e. The number of esters is 1. The molecule has 3 rings (SSSR count). The molecule has 0 saturated heterocycles. The summed E-state index contributed by atoms with van der Waals surface area (Å²) in [5.74, 6) is 0.645. The number of aromatic nitrogens is 2. The van der Waals surface area contributed by atoms with Crippen LogP contribution < -0.4 is 10.1 Å².